The number of nitrogens with zero attached hydrogens (tertiary/aromatic N) is 2. The molecule has 0 fully saturated rings. The minimum Gasteiger partial charge on any atom is -0.493 e. The molecule has 1 N–H and O–H groups in total. The van der Waals surface area contributed by atoms with Crippen molar-refractivity contribution in [3.8, 4) is 17.2 Å². The molecule has 1 aliphatic rings. The normalized spacial score (nSPS) is 17.6. The predicted octanol–water partition coefficient (Wildman–Crippen LogP) is 2.78. The van der Waals surface area contributed by atoms with Gasteiger partial charge in [0.15, 0.2) is 17.4 Å². The lowest BCUT2D eigenvalue weighted by Crippen LogP contribution is -2.43. The lowest BCUT2D eigenvalue weighted by Gasteiger charge is -2.32. The van der Waals surface area contributed by atoms with Crippen LogP contribution in [0.1, 0.15) is 18.5 Å². The van der Waals surface area contributed by atoms with Crippen LogP contribution in [0.5, 0.6) is 17.2 Å². The van der Waals surface area contributed by atoms with Gasteiger partial charge in [-0.2, -0.15) is 0 Å². The van der Waals surface area contributed by atoms with Crippen LogP contribution >= 0.6 is 0 Å². The Bertz CT molecular complexity index is 1130. The molecule has 2 unspecified atom stereocenters. The summed E-state index contributed by atoms with van der Waals surface area (Å²) in [7, 11) is 4.53. The van der Waals surface area contributed by atoms with Crippen LogP contribution in [0, 0.1) is 5.92 Å². The standard InChI is InChI=1S/C22H23N3O6/c1-5-31-21(27)17-18(12-10-15(28-2)19(30-4)16(11-12)29-3)25-14-9-7-6-8-13(14)23-22(25)24-20(17)26/h6-11,17-18H,5H2,1-4H3,(H,23,24,26). The lowest BCUT2D eigenvalue weighted by atomic mass is 9.89. The number of carbonyl (C=O) groups is 2. The lowest BCUT2D eigenvalue weighted by molar-refractivity contribution is -0.152. The highest BCUT2D eigenvalue weighted by Crippen LogP contribution is 2.45. The zero-order valence-corrected chi connectivity index (χ0v) is 17.7. The summed E-state index contributed by atoms with van der Waals surface area (Å²) in [5.74, 6) is -0.647. The number of nitrogens with one attached hydrogen (secondary N) is 1. The molecule has 0 radical (unpaired) electrons. The molecule has 0 saturated heterocycles. The van der Waals surface area contributed by atoms with Crippen LogP contribution in [0.4, 0.5) is 5.95 Å². The first-order valence-electron chi connectivity index (χ1n) is 9.78. The molecule has 31 heavy (non-hydrogen) atoms. The van der Waals surface area contributed by atoms with Crippen molar-refractivity contribution in [2.45, 2.75) is 13.0 Å². The average molecular weight is 425 g/mol. The molecular formula is C22H23N3O6. The number of methoxy groups -OCH3 is 3. The van der Waals surface area contributed by atoms with Crippen LogP contribution in [-0.2, 0) is 14.3 Å². The highest BCUT2D eigenvalue weighted by atomic mass is 16.5. The van der Waals surface area contributed by atoms with Gasteiger partial charge in [0.1, 0.15) is 0 Å². The Morgan fingerprint density at radius 1 is 1.10 bits per heavy atom. The number of rotatable bonds is 6. The zero-order valence-electron chi connectivity index (χ0n) is 17.7. The van der Waals surface area contributed by atoms with Crippen LogP contribution in [0.2, 0.25) is 0 Å². The first-order valence-corrected chi connectivity index (χ1v) is 9.78. The van der Waals surface area contributed by atoms with Crippen molar-refractivity contribution in [1.29, 1.82) is 0 Å². The van der Waals surface area contributed by atoms with Gasteiger partial charge in [-0.05, 0) is 36.8 Å². The summed E-state index contributed by atoms with van der Waals surface area (Å²) < 4.78 is 23.5. The van der Waals surface area contributed by atoms with Gasteiger partial charge in [-0.3, -0.25) is 14.9 Å². The van der Waals surface area contributed by atoms with E-state index in [1.54, 1.807) is 19.1 Å². The van der Waals surface area contributed by atoms with Gasteiger partial charge in [-0.25, -0.2) is 4.98 Å². The van der Waals surface area contributed by atoms with Crippen molar-refractivity contribution in [2.75, 3.05) is 33.3 Å². The Hall–Kier alpha value is -3.75. The maximum atomic E-state index is 13.0. The van der Waals surface area contributed by atoms with E-state index in [-0.39, 0.29) is 6.61 Å². The molecule has 9 nitrogen and oxygen atoms in total. The van der Waals surface area contributed by atoms with Crippen molar-refractivity contribution < 1.29 is 28.5 Å². The van der Waals surface area contributed by atoms with Gasteiger partial charge >= 0.3 is 5.97 Å². The SMILES string of the molecule is CCOC(=O)C1C(=O)Nc2nc3ccccc3n2C1c1cc(OC)c(OC)c(OC)c1. The van der Waals surface area contributed by atoms with Gasteiger partial charge in [0, 0.05) is 0 Å². The van der Waals surface area contributed by atoms with Crippen LogP contribution in [-0.4, -0.2) is 49.4 Å². The second-order valence-corrected chi connectivity index (χ2v) is 6.92. The topological polar surface area (TPSA) is 101 Å². The Labute approximate surface area is 178 Å². The molecule has 0 bridgehead atoms. The van der Waals surface area contributed by atoms with E-state index in [1.165, 1.54) is 21.3 Å². The number of benzene rings is 2. The third-order valence-corrected chi connectivity index (χ3v) is 5.28. The fourth-order valence-corrected chi connectivity index (χ4v) is 3.98. The van der Waals surface area contributed by atoms with Gasteiger partial charge < -0.3 is 23.5 Å². The second-order valence-electron chi connectivity index (χ2n) is 6.92. The van der Waals surface area contributed by atoms with Gasteiger partial charge in [0.2, 0.25) is 17.6 Å². The number of imidazole rings is 1. The quantitative estimate of drug-likeness (QED) is 0.479. The summed E-state index contributed by atoms with van der Waals surface area (Å²) in [6.45, 7) is 1.85. The fraction of sp³-hybridized carbons (Fsp3) is 0.318. The molecular weight excluding hydrogens is 402 g/mol. The fourth-order valence-electron chi connectivity index (χ4n) is 3.98. The van der Waals surface area contributed by atoms with Crippen LogP contribution in [0.25, 0.3) is 11.0 Å². The van der Waals surface area contributed by atoms with E-state index in [0.717, 1.165) is 5.52 Å². The Balaban J connectivity index is 2.00. The molecule has 3 aromatic rings. The van der Waals surface area contributed by atoms with E-state index < -0.39 is 23.8 Å². The minimum atomic E-state index is -1.13. The summed E-state index contributed by atoms with van der Waals surface area (Å²) >= 11 is 0. The van der Waals surface area contributed by atoms with Crippen molar-refractivity contribution >= 4 is 28.9 Å². The zero-order chi connectivity index (χ0) is 22.1. The number of hydrogen-bond acceptors (Lipinski definition) is 7. The van der Waals surface area contributed by atoms with Crippen molar-refractivity contribution in [3.63, 3.8) is 0 Å². The molecule has 2 heterocycles. The smallest absolute Gasteiger partial charge is 0.321 e. The molecule has 162 valence electrons. The molecule has 2 atom stereocenters. The van der Waals surface area contributed by atoms with Crippen molar-refractivity contribution in [2.24, 2.45) is 5.92 Å². The second kappa shape index (κ2) is 8.17. The average Bonchev–Trinajstić information content (AvgIpc) is 3.14. The molecule has 4 rings (SSSR count). The number of aromatic nitrogens is 2. The molecule has 2 aromatic carbocycles. The number of ether oxygens (including phenoxy) is 4. The van der Waals surface area contributed by atoms with Gasteiger partial charge in [-0.15, -0.1) is 0 Å². The minimum absolute atomic E-state index is 0.155. The summed E-state index contributed by atoms with van der Waals surface area (Å²) in [5, 5.41) is 2.74. The monoisotopic (exact) mass is 425 g/mol. The summed E-state index contributed by atoms with van der Waals surface area (Å²) in [5.41, 5.74) is 2.08. The van der Waals surface area contributed by atoms with E-state index >= 15 is 0 Å². The molecule has 1 aliphatic heterocycles. The third-order valence-electron chi connectivity index (χ3n) is 5.28. The Morgan fingerprint density at radius 3 is 2.39 bits per heavy atom. The number of esters is 1. The number of amides is 1. The Morgan fingerprint density at radius 2 is 1.77 bits per heavy atom. The first kappa shape index (κ1) is 20.5. The molecule has 0 aliphatic carbocycles. The third kappa shape index (κ3) is 3.31. The number of fused-ring (bicyclic) bond motifs is 3. The predicted molar refractivity (Wildman–Crippen MR) is 113 cm³/mol. The maximum absolute atomic E-state index is 13.0. The first-order chi connectivity index (χ1) is 15.0. The number of carbonyl (C=O) groups excluding carboxylic acids is 2. The maximum Gasteiger partial charge on any atom is 0.321 e. The van der Waals surface area contributed by atoms with E-state index in [2.05, 4.69) is 10.3 Å². The van der Waals surface area contributed by atoms with Gasteiger partial charge in [0.05, 0.1) is 45.0 Å². The van der Waals surface area contributed by atoms with E-state index in [0.29, 0.717) is 34.3 Å². The number of hydrogen-bond donors (Lipinski definition) is 1. The Kier molecular flexibility index (Phi) is 5.41. The molecule has 0 saturated carbocycles. The van der Waals surface area contributed by atoms with E-state index in [1.807, 2.05) is 28.8 Å². The van der Waals surface area contributed by atoms with Gasteiger partial charge in [-0.1, -0.05) is 12.1 Å². The van der Waals surface area contributed by atoms with Crippen molar-refractivity contribution in [3.05, 3.63) is 42.0 Å². The largest absolute Gasteiger partial charge is 0.493 e. The number of para-hydroxylation sites is 2. The van der Waals surface area contributed by atoms with Crippen LogP contribution in [0.3, 0.4) is 0 Å². The molecule has 1 amide bonds. The van der Waals surface area contributed by atoms with Gasteiger partial charge in [0.25, 0.3) is 0 Å². The molecule has 9 heteroatoms. The molecule has 0 spiro atoms. The van der Waals surface area contributed by atoms with E-state index in [9.17, 15) is 9.59 Å². The van der Waals surface area contributed by atoms with Crippen molar-refractivity contribution in [1.82, 2.24) is 9.55 Å². The highest BCUT2D eigenvalue weighted by Gasteiger charge is 2.44. The summed E-state index contributed by atoms with van der Waals surface area (Å²) in [6.07, 6.45) is 0. The van der Waals surface area contributed by atoms with Crippen LogP contribution in [0.15, 0.2) is 36.4 Å². The molecule has 1 aromatic heterocycles. The summed E-state index contributed by atoms with van der Waals surface area (Å²) in [4.78, 5) is 30.4. The van der Waals surface area contributed by atoms with E-state index in [4.69, 9.17) is 18.9 Å². The van der Waals surface area contributed by atoms with Crippen LogP contribution < -0.4 is 19.5 Å². The number of anilines is 1. The summed E-state index contributed by atoms with van der Waals surface area (Å²) in [6, 6.07) is 10.2. The highest BCUT2D eigenvalue weighted by molar-refractivity contribution is 6.07.